The normalized spacial score (nSPS) is 11.5. The van der Waals surface area contributed by atoms with Crippen LogP contribution in [0.4, 0.5) is 11.4 Å². The number of hydrogen-bond acceptors (Lipinski definition) is 2. The highest BCUT2D eigenvalue weighted by atomic mass is 14.9. The van der Waals surface area contributed by atoms with Gasteiger partial charge in [0.2, 0.25) is 0 Å². The number of hydrogen-bond donors (Lipinski definition) is 2. The molecule has 2 nitrogen and oxygen atoms in total. The second kappa shape index (κ2) is 5.89. The van der Waals surface area contributed by atoms with Crippen LogP contribution < -0.4 is 10.6 Å². The van der Waals surface area contributed by atoms with Crippen molar-refractivity contribution in [1.29, 1.82) is 0 Å². The Morgan fingerprint density at radius 2 is 1.46 bits per heavy atom. The predicted molar refractivity (Wildman–Crippen MR) is 103 cm³/mol. The molecule has 1 aliphatic carbocycles. The van der Waals surface area contributed by atoms with E-state index >= 15 is 0 Å². The van der Waals surface area contributed by atoms with Crippen molar-refractivity contribution in [2.24, 2.45) is 0 Å². The van der Waals surface area contributed by atoms with E-state index in [1.165, 1.54) is 22.3 Å². The van der Waals surface area contributed by atoms with E-state index in [-0.39, 0.29) is 0 Å². The van der Waals surface area contributed by atoms with E-state index in [4.69, 9.17) is 0 Å². The molecule has 2 N–H and O–H groups in total. The Balaban J connectivity index is 1.60. The van der Waals surface area contributed by atoms with Crippen molar-refractivity contribution in [3.05, 3.63) is 90.0 Å². The maximum absolute atomic E-state index is 4.16. The maximum Gasteiger partial charge on any atom is 0.0387 e. The zero-order chi connectivity index (χ0) is 16.5. The molecule has 118 valence electrons. The first-order valence-electron chi connectivity index (χ1n) is 8.20. The lowest BCUT2D eigenvalue weighted by Gasteiger charge is -2.11. The van der Waals surface area contributed by atoms with Crippen LogP contribution in [0.5, 0.6) is 0 Å². The summed E-state index contributed by atoms with van der Waals surface area (Å²) in [7, 11) is 1.96. The number of nitrogens with one attached hydrogen (secondary N) is 2. The highest BCUT2D eigenvalue weighted by Crippen LogP contribution is 2.39. The Hall–Kier alpha value is -3.00. The van der Waals surface area contributed by atoms with Crippen LogP contribution in [0.3, 0.4) is 0 Å². The molecule has 3 aromatic rings. The van der Waals surface area contributed by atoms with Crippen LogP contribution in [-0.2, 0) is 6.42 Å². The predicted octanol–water partition coefficient (Wildman–Crippen LogP) is 5.38. The maximum atomic E-state index is 4.16. The number of rotatable bonds is 4. The first kappa shape index (κ1) is 14.6. The third-order valence-corrected chi connectivity index (χ3v) is 4.59. The van der Waals surface area contributed by atoms with Crippen molar-refractivity contribution >= 4 is 17.1 Å². The molecule has 0 spiro atoms. The van der Waals surface area contributed by atoms with E-state index in [0.717, 1.165) is 29.1 Å². The number of benzene rings is 3. The minimum absolute atomic E-state index is 0.920. The van der Waals surface area contributed by atoms with Crippen molar-refractivity contribution in [2.45, 2.75) is 6.42 Å². The lowest BCUT2D eigenvalue weighted by atomic mass is 10.0. The van der Waals surface area contributed by atoms with Crippen LogP contribution in [0, 0.1) is 0 Å². The molecule has 0 heterocycles. The molecule has 0 aromatic heterocycles. The topological polar surface area (TPSA) is 24.1 Å². The van der Waals surface area contributed by atoms with Gasteiger partial charge in [-0.3, -0.25) is 0 Å². The Bertz CT molecular complexity index is 911. The van der Waals surface area contributed by atoms with Crippen LogP contribution in [0.1, 0.15) is 16.7 Å². The summed E-state index contributed by atoms with van der Waals surface area (Å²) in [5, 5.41) is 6.65. The standard InChI is InChI=1S/C22H20N2/c1-15(16-6-4-3-5-7-16)24-20-9-11-22-18(14-20)12-17-13-19(23-2)8-10-21(17)22/h3-11,13-14,23-24H,1,12H2,2H3. The van der Waals surface area contributed by atoms with Crippen molar-refractivity contribution in [2.75, 3.05) is 17.7 Å². The van der Waals surface area contributed by atoms with Crippen molar-refractivity contribution in [3.63, 3.8) is 0 Å². The molecule has 4 rings (SSSR count). The fourth-order valence-electron chi connectivity index (χ4n) is 3.33. The summed E-state index contributed by atoms with van der Waals surface area (Å²) < 4.78 is 0. The summed E-state index contributed by atoms with van der Waals surface area (Å²) in [6.07, 6.45) is 0.980. The molecule has 0 fully saturated rings. The van der Waals surface area contributed by atoms with Crippen LogP contribution in [-0.4, -0.2) is 7.05 Å². The molecule has 0 unspecified atom stereocenters. The second-order valence-electron chi connectivity index (χ2n) is 6.14. The van der Waals surface area contributed by atoms with E-state index in [2.05, 4.69) is 65.7 Å². The highest BCUT2D eigenvalue weighted by Gasteiger charge is 2.19. The molecular formula is C22H20N2. The van der Waals surface area contributed by atoms with Gasteiger partial charge in [-0.05, 0) is 58.5 Å². The molecule has 0 bridgehead atoms. The monoisotopic (exact) mass is 312 g/mol. The Labute approximate surface area is 142 Å². The van der Waals surface area contributed by atoms with Gasteiger partial charge in [0, 0.05) is 24.1 Å². The van der Waals surface area contributed by atoms with E-state index in [9.17, 15) is 0 Å². The molecule has 0 atom stereocenters. The summed E-state index contributed by atoms with van der Waals surface area (Å²) in [5.41, 5.74) is 9.71. The molecule has 24 heavy (non-hydrogen) atoms. The largest absolute Gasteiger partial charge is 0.388 e. The summed E-state index contributed by atoms with van der Waals surface area (Å²) in [6.45, 7) is 4.16. The summed E-state index contributed by atoms with van der Waals surface area (Å²) >= 11 is 0. The third kappa shape index (κ3) is 2.56. The fraction of sp³-hybridized carbons (Fsp3) is 0.0909. The van der Waals surface area contributed by atoms with E-state index in [1.54, 1.807) is 0 Å². The smallest absolute Gasteiger partial charge is 0.0387 e. The molecule has 0 amide bonds. The lowest BCUT2D eigenvalue weighted by Crippen LogP contribution is -1.97. The third-order valence-electron chi connectivity index (χ3n) is 4.59. The van der Waals surface area contributed by atoms with Gasteiger partial charge in [0.15, 0.2) is 0 Å². The van der Waals surface area contributed by atoms with Crippen LogP contribution in [0.15, 0.2) is 73.3 Å². The van der Waals surface area contributed by atoms with Gasteiger partial charge in [-0.25, -0.2) is 0 Å². The van der Waals surface area contributed by atoms with Gasteiger partial charge in [-0.1, -0.05) is 49.0 Å². The zero-order valence-corrected chi connectivity index (χ0v) is 13.8. The fourth-order valence-corrected chi connectivity index (χ4v) is 3.33. The van der Waals surface area contributed by atoms with Crippen LogP contribution >= 0.6 is 0 Å². The zero-order valence-electron chi connectivity index (χ0n) is 13.8. The van der Waals surface area contributed by atoms with Gasteiger partial charge in [-0.2, -0.15) is 0 Å². The minimum Gasteiger partial charge on any atom is -0.388 e. The molecular weight excluding hydrogens is 292 g/mol. The minimum atomic E-state index is 0.920. The summed E-state index contributed by atoms with van der Waals surface area (Å²) in [4.78, 5) is 0. The van der Waals surface area contributed by atoms with E-state index in [0.29, 0.717) is 0 Å². The van der Waals surface area contributed by atoms with Crippen molar-refractivity contribution in [1.82, 2.24) is 0 Å². The van der Waals surface area contributed by atoms with Crippen LogP contribution in [0.2, 0.25) is 0 Å². The van der Waals surface area contributed by atoms with Crippen molar-refractivity contribution in [3.8, 4) is 11.1 Å². The molecule has 3 aromatic carbocycles. The van der Waals surface area contributed by atoms with Crippen molar-refractivity contribution < 1.29 is 0 Å². The van der Waals surface area contributed by atoms with Gasteiger partial charge in [-0.15, -0.1) is 0 Å². The average molecular weight is 312 g/mol. The Morgan fingerprint density at radius 1 is 0.833 bits per heavy atom. The molecule has 0 aliphatic heterocycles. The second-order valence-corrected chi connectivity index (χ2v) is 6.14. The van der Waals surface area contributed by atoms with E-state index < -0.39 is 0 Å². The summed E-state index contributed by atoms with van der Waals surface area (Å²) in [5.74, 6) is 0. The SMILES string of the molecule is C=C(Nc1ccc2c(c1)Cc1cc(NC)ccc1-2)c1ccccc1. The van der Waals surface area contributed by atoms with Gasteiger partial charge in [0.1, 0.15) is 0 Å². The first-order valence-corrected chi connectivity index (χ1v) is 8.20. The average Bonchev–Trinajstić information content (AvgIpc) is 2.99. The molecule has 1 aliphatic rings. The number of anilines is 2. The Kier molecular flexibility index (Phi) is 3.58. The van der Waals surface area contributed by atoms with Gasteiger partial charge in [0.05, 0.1) is 0 Å². The highest BCUT2D eigenvalue weighted by molar-refractivity contribution is 5.82. The molecule has 0 saturated heterocycles. The molecule has 0 saturated carbocycles. The quantitative estimate of drug-likeness (QED) is 0.528. The molecule has 2 heteroatoms. The molecule has 0 radical (unpaired) electrons. The number of fused-ring (bicyclic) bond motifs is 3. The Morgan fingerprint density at radius 3 is 2.12 bits per heavy atom. The van der Waals surface area contributed by atoms with Gasteiger partial charge in [0.25, 0.3) is 0 Å². The first-order chi connectivity index (χ1) is 11.7. The van der Waals surface area contributed by atoms with Gasteiger partial charge >= 0.3 is 0 Å². The van der Waals surface area contributed by atoms with Crippen LogP contribution in [0.25, 0.3) is 16.8 Å². The van der Waals surface area contributed by atoms with E-state index in [1.807, 2.05) is 25.2 Å². The lowest BCUT2D eigenvalue weighted by molar-refractivity contribution is 1.26. The van der Waals surface area contributed by atoms with Gasteiger partial charge < -0.3 is 10.6 Å². The summed E-state index contributed by atoms with van der Waals surface area (Å²) in [6, 6.07) is 23.4.